The summed E-state index contributed by atoms with van der Waals surface area (Å²) in [7, 11) is 1.72. The molecule has 23 heavy (non-hydrogen) atoms. The zero-order valence-corrected chi connectivity index (χ0v) is 14.1. The Hall–Kier alpha value is -1.73. The summed E-state index contributed by atoms with van der Waals surface area (Å²) in [5.41, 5.74) is 2.61. The van der Waals surface area contributed by atoms with E-state index in [-0.39, 0.29) is 17.4 Å². The number of hydrogen-bond donors (Lipinski definition) is 1. The van der Waals surface area contributed by atoms with Crippen molar-refractivity contribution >= 4 is 37.9 Å². The number of fused-ring (bicyclic) bond motifs is 3. The zero-order valence-electron chi connectivity index (χ0n) is 12.5. The van der Waals surface area contributed by atoms with Gasteiger partial charge in [0, 0.05) is 31.0 Å². The number of hydrogen-bond acceptors (Lipinski definition) is 3. The molecule has 0 unspecified atom stereocenters. The van der Waals surface area contributed by atoms with Crippen LogP contribution < -0.4 is 5.69 Å². The summed E-state index contributed by atoms with van der Waals surface area (Å²) in [6.07, 6.45) is 1.91. The second kappa shape index (κ2) is 5.42. The van der Waals surface area contributed by atoms with E-state index >= 15 is 0 Å². The maximum Gasteiger partial charge on any atom is 0.326 e. The fourth-order valence-corrected chi connectivity index (χ4v) is 3.61. The number of ether oxygens (including phenoxy) is 1. The van der Waals surface area contributed by atoms with Gasteiger partial charge in [0.1, 0.15) is 5.82 Å². The molecule has 7 heteroatoms. The normalized spacial score (nSPS) is 18.8. The number of H-pyrrole nitrogens is 1. The average molecular weight is 380 g/mol. The van der Waals surface area contributed by atoms with Crippen molar-refractivity contribution < 1.29 is 9.13 Å². The van der Waals surface area contributed by atoms with Crippen molar-refractivity contribution in [3.8, 4) is 0 Å². The molecule has 120 valence electrons. The van der Waals surface area contributed by atoms with Gasteiger partial charge in [-0.2, -0.15) is 0 Å². The van der Waals surface area contributed by atoms with Gasteiger partial charge in [-0.05, 0) is 34.8 Å². The number of pyridine rings is 1. The van der Waals surface area contributed by atoms with Crippen LogP contribution in [0.3, 0.4) is 0 Å². The number of aromatic nitrogens is 3. The van der Waals surface area contributed by atoms with E-state index in [2.05, 4.69) is 25.9 Å². The SMILES string of the molecule is Cn1c(=O)[nH]c2c3cc(Br)c(F)cc3nc([C@@H]3CCCOC3)c21. The number of rotatable bonds is 1. The van der Waals surface area contributed by atoms with Gasteiger partial charge < -0.3 is 9.72 Å². The summed E-state index contributed by atoms with van der Waals surface area (Å²) in [6.45, 7) is 1.33. The lowest BCUT2D eigenvalue weighted by Crippen LogP contribution is -2.19. The first-order chi connectivity index (χ1) is 11.1. The van der Waals surface area contributed by atoms with E-state index < -0.39 is 0 Å². The molecular formula is C16H15BrFN3O2. The molecule has 0 saturated carbocycles. The zero-order chi connectivity index (χ0) is 16.1. The maximum atomic E-state index is 13.9. The van der Waals surface area contributed by atoms with Gasteiger partial charge in [0.15, 0.2) is 0 Å². The Bertz CT molecular complexity index is 973. The molecule has 0 spiro atoms. The minimum atomic E-state index is -0.367. The molecule has 1 atom stereocenters. The molecule has 2 aromatic heterocycles. The first-order valence-electron chi connectivity index (χ1n) is 7.51. The van der Waals surface area contributed by atoms with Crippen LogP contribution in [0.4, 0.5) is 4.39 Å². The van der Waals surface area contributed by atoms with Crippen LogP contribution in [0.5, 0.6) is 0 Å². The van der Waals surface area contributed by atoms with Crippen LogP contribution in [0.15, 0.2) is 21.4 Å². The van der Waals surface area contributed by atoms with Crippen molar-refractivity contribution in [1.82, 2.24) is 14.5 Å². The average Bonchev–Trinajstić information content (AvgIpc) is 2.85. The first-order valence-corrected chi connectivity index (χ1v) is 8.30. The Morgan fingerprint density at radius 1 is 1.48 bits per heavy atom. The Kier molecular flexibility index (Phi) is 3.50. The summed E-state index contributed by atoms with van der Waals surface area (Å²) in [5.74, 6) is -0.253. The highest BCUT2D eigenvalue weighted by Crippen LogP contribution is 2.34. The number of aromatic amines is 1. The van der Waals surface area contributed by atoms with Crippen LogP contribution in [0.25, 0.3) is 21.9 Å². The predicted molar refractivity (Wildman–Crippen MR) is 89.3 cm³/mol. The van der Waals surface area contributed by atoms with Crippen LogP contribution >= 0.6 is 15.9 Å². The van der Waals surface area contributed by atoms with Crippen LogP contribution in [0, 0.1) is 5.82 Å². The highest BCUT2D eigenvalue weighted by Gasteiger charge is 2.24. The van der Waals surface area contributed by atoms with Gasteiger partial charge >= 0.3 is 5.69 Å². The quantitative estimate of drug-likeness (QED) is 0.705. The Morgan fingerprint density at radius 2 is 2.30 bits per heavy atom. The van der Waals surface area contributed by atoms with Gasteiger partial charge in [-0.25, -0.2) is 14.2 Å². The number of imidazole rings is 1. The molecule has 1 fully saturated rings. The third-order valence-electron chi connectivity index (χ3n) is 4.45. The van der Waals surface area contributed by atoms with E-state index in [9.17, 15) is 9.18 Å². The lowest BCUT2D eigenvalue weighted by Gasteiger charge is -2.22. The Labute approximate surface area is 139 Å². The van der Waals surface area contributed by atoms with Crippen molar-refractivity contribution in [3.63, 3.8) is 0 Å². The molecule has 0 radical (unpaired) electrons. The van der Waals surface area contributed by atoms with Gasteiger partial charge in [-0.1, -0.05) is 0 Å². The molecule has 1 aliphatic heterocycles. The third kappa shape index (κ3) is 2.30. The van der Waals surface area contributed by atoms with Gasteiger partial charge in [0.25, 0.3) is 0 Å². The van der Waals surface area contributed by atoms with Crippen LogP contribution in [0.1, 0.15) is 24.5 Å². The van der Waals surface area contributed by atoms with Gasteiger partial charge in [-0.3, -0.25) is 4.57 Å². The minimum absolute atomic E-state index is 0.115. The molecule has 4 rings (SSSR count). The van der Waals surface area contributed by atoms with E-state index in [0.717, 1.165) is 36.0 Å². The molecule has 3 heterocycles. The van der Waals surface area contributed by atoms with E-state index in [1.54, 1.807) is 17.7 Å². The van der Waals surface area contributed by atoms with Crippen LogP contribution in [-0.2, 0) is 11.8 Å². The molecule has 1 aromatic carbocycles. The second-order valence-corrected chi connectivity index (χ2v) is 6.76. The van der Waals surface area contributed by atoms with Gasteiger partial charge in [0.2, 0.25) is 0 Å². The number of aryl methyl sites for hydroxylation is 1. The summed E-state index contributed by atoms with van der Waals surface area (Å²) in [6, 6.07) is 3.06. The smallest absolute Gasteiger partial charge is 0.326 e. The lowest BCUT2D eigenvalue weighted by atomic mass is 9.96. The van der Waals surface area contributed by atoms with Gasteiger partial charge in [-0.15, -0.1) is 0 Å². The van der Waals surface area contributed by atoms with Crippen molar-refractivity contribution in [3.05, 3.63) is 38.6 Å². The largest absolute Gasteiger partial charge is 0.381 e. The standard InChI is InChI=1S/C16H15BrFN3O2/c1-21-15-13(8-3-2-4-23-7-8)19-12-6-11(18)10(17)5-9(12)14(15)20-16(21)22/h5-6,8H,2-4,7H2,1H3,(H,20,22)/t8-/m1/s1. The molecule has 5 nitrogen and oxygen atoms in total. The predicted octanol–water partition coefficient (Wildman–Crippen LogP) is 3.21. The minimum Gasteiger partial charge on any atom is -0.381 e. The fourth-order valence-electron chi connectivity index (χ4n) is 3.27. The number of nitrogens with zero attached hydrogens (tertiary/aromatic N) is 2. The van der Waals surface area contributed by atoms with E-state index in [1.165, 1.54) is 6.07 Å². The summed E-state index contributed by atoms with van der Waals surface area (Å²) in [4.78, 5) is 19.7. The summed E-state index contributed by atoms with van der Waals surface area (Å²) >= 11 is 3.20. The van der Waals surface area contributed by atoms with Gasteiger partial charge in [0.05, 0.1) is 33.3 Å². The highest BCUT2D eigenvalue weighted by molar-refractivity contribution is 9.10. The van der Waals surface area contributed by atoms with Crippen molar-refractivity contribution in [2.45, 2.75) is 18.8 Å². The molecule has 0 bridgehead atoms. The van der Waals surface area contributed by atoms with E-state index in [1.807, 2.05) is 0 Å². The molecule has 1 aliphatic rings. The van der Waals surface area contributed by atoms with Crippen molar-refractivity contribution in [2.75, 3.05) is 13.2 Å². The van der Waals surface area contributed by atoms with Crippen molar-refractivity contribution in [2.24, 2.45) is 7.05 Å². The summed E-state index contributed by atoms with van der Waals surface area (Å²) in [5, 5.41) is 0.728. The lowest BCUT2D eigenvalue weighted by molar-refractivity contribution is 0.0797. The van der Waals surface area contributed by atoms with E-state index in [0.29, 0.717) is 22.1 Å². The molecule has 0 amide bonds. The number of halogens is 2. The topological polar surface area (TPSA) is 59.9 Å². The summed E-state index contributed by atoms with van der Waals surface area (Å²) < 4.78 is 21.4. The number of nitrogens with one attached hydrogen (secondary N) is 1. The second-order valence-electron chi connectivity index (χ2n) is 5.91. The molecule has 1 N–H and O–H groups in total. The number of benzene rings is 1. The molecule has 0 aliphatic carbocycles. The van der Waals surface area contributed by atoms with Crippen LogP contribution in [-0.4, -0.2) is 27.7 Å². The van der Waals surface area contributed by atoms with Crippen LogP contribution in [0.2, 0.25) is 0 Å². The van der Waals surface area contributed by atoms with E-state index in [4.69, 9.17) is 4.74 Å². The maximum absolute atomic E-state index is 13.9. The Morgan fingerprint density at radius 3 is 3.04 bits per heavy atom. The molecule has 3 aromatic rings. The Balaban J connectivity index is 2.10. The fraction of sp³-hybridized carbons (Fsp3) is 0.375. The first kappa shape index (κ1) is 14.8. The monoisotopic (exact) mass is 379 g/mol. The third-order valence-corrected chi connectivity index (χ3v) is 5.05. The molecular weight excluding hydrogens is 365 g/mol. The molecule has 1 saturated heterocycles. The highest BCUT2D eigenvalue weighted by atomic mass is 79.9. The van der Waals surface area contributed by atoms with Crippen molar-refractivity contribution in [1.29, 1.82) is 0 Å².